The lowest BCUT2D eigenvalue weighted by molar-refractivity contribution is 0.1000. The molecule has 1 aliphatic rings. The third-order valence-electron chi connectivity index (χ3n) is 3.43. The van der Waals surface area contributed by atoms with Crippen LogP contribution in [0.25, 0.3) is 0 Å². The second-order valence-electron chi connectivity index (χ2n) is 4.81. The van der Waals surface area contributed by atoms with Crippen LogP contribution in [0.3, 0.4) is 0 Å². The molecule has 0 saturated carbocycles. The lowest BCUT2D eigenvalue weighted by Crippen LogP contribution is -2.49. The summed E-state index contributed by atoms with van der Waals surface area (Å²) in [5, 5.41) is 0. The van der Waals surface area contributed by atoms with E-state index in [1.165, 1.54) is 6.07 Å². The summed E-state index contributed by atoms with van der Waals surface area (Å²) in [6, 6.07) is 5.85. The summed E-state index contributed by atoms with van der Waals surface area (Å²) >= 11 is 3.23. The summed E-state index contributed by atoms with van der Waals surface area (Å²) in [6.07, 6.45) is 0. The maximum Gasteiger partial charge on any atom is 0.137 e. The normalized spacial score (nSPS) is 22.9. The van der Waals surface area contributed by atoms with Gasteiger partial charge in [-0.3, -0.25) is 4.90 Å². The van der Waals surface area contributed by atoms with E-state index >= 15 is 0 Å². The molecule has 0 amide bonds. The number of hydrogen-bond acceptors (Lipinski definition) is 2. The number of hydrogen-bond donors (Lipinski definition) is 0. The molecule has 0 aliphatic carbocycles. The standard InChI is InChI=1S/C13H18BrFN2/c1-10-8-17(6-5-16(10)2)9-11-3-4-13(15)12(14)7-11/h3-4,7,10H,5-6,8-9H2,1-2H3. The van der Waals surface area contributed by atoms with Crippen LogP contribution in [0.2, 0.25) is 0 Å². The maximum atomic E-state index is 13.1. The largest absolute Gasteiger partial charge is 0.301 e. The van der Waals surface area contributed by atoms with Gasteiger partial charge in [0.25, 0.3) is 0 Å². The molecule has 1 unspecified atom stereocenters. The highest BCUT2D eigenvalue weighted by Crippen LogP contribution is 2.19. The van der Waals surface area contributed by atoms with Crippen LogP contribution in [0.4, 0.5) is 4.39 Å². The van der Waals surface area contributed by atoms with Crippen LogP contribution in [0.15, 0.2) is 22.7 Å². The molecule has 1 heterocycles. The Kier molecular flexibility index (Phi) is 4.17. The van der Waals surface area contributed by atoms with E-state index in [1.807, 2.05) is 12.1 Å². The van der Waals surface area contributed by atoms with Gasteiger partial charge in [0.2, 0.25) is 0 Å². The zero-order chi connectivity index (χ0) is 12.4. The highest BCUT2D eigenvalue weighted by atomic mass is 79.9. The highest BCUT2D eigenvalue weighted by molar-refractivity contribution is 9.10. The third kappa shape index (κ3) is 3.27. The smallest absolute Gasteiger partial charge is 0.137 e. The summed E-state index contributed by atoms with van der Waals surface area (Å²) in [5.41, 5.74) is 1.16. The molecule has 1 aromatic carbocycles. The number of likely N-dealkylation sites (N-methyl/N-ethyl adjacent to an activating group) is 1. The average molecular weight is 301 g/mol. The van der Waals surface area contributed by atoms with Crippen molar-refractivity contribution in [3.8, 4) is 0 Å². The van der Waals surface area contributed by atoms with E-state index in [4.69, 9.17) is 0 Å². The van der Waals surface area contributed by atoms with Crippen molar-refractivity contribution in [3.63, 3.8) is 0 Å². The van der Waals surface area contributed by atoms with Crippen molar-refractivity contribution in [1.82, 2.24) is 9.80 Å². The Morgan fingerprint density at radius 2 is 2.18 bits per heavy atom. The van der Waals surface area contributed by atoms with Crippen molar-refractivity contribution >= 4 is 15.9 Å². The molecule has 17 heavy (non-hydrogen) atoms. The van der Waals surface area contributed by atoms with Crippen molar-refractivity contribution in [1.29, 1.82) is 0 Å². The van der Waals surface area contributed by atoms with E-state index in [1.54, 1.807) is 0 Å². The Hall–Kier alpha value is -0.450. The third-order valence-corrected chi connectivity index (χ3v) is 4.04. The van der Waals surface area contributed by atoms with Crippen molar-refractivity contribution in [2.45, 2.75) is 19.5 Å². The molecule has 94 valence electrons. The molecular weight excluding hydrogens is 283 g/mol. The first kappa shape index (κ1) is 13.0. The van der Waals surface area contributed by atoms with Crippen molar-refractivity contribution < 1.29 is 4.39 Å². The Labute approximate surface area is 111 Å². The van der Waals surface area contributed by atoms with Gasteiger partial charge in [-0.25, -0.2) is 4.39 Å². The first-order valence-corrected chi connectivity index (χ1v) is 6.72. The molecule has 1 aromatic rings. The van der Waals surface area contributed by atoms with Gasteiger partial charge in [-0.2, -0.15) is 0 Å². The Morgan fingerprint density at radius 3 is 2.82 bits per heavy atom. The molecule has 2 rings (SSSR count). The van der Waals surface area contributed by atoms with Gasteiger partial charge in [-0.05, 0) is 47.6 Å². The second kappa shape index (κ2) is 5.46. The van der Waals surface area contributed by atoms with Crippen molar-refractivity contribution in [2.75, 3.05) is 26.7 Å². The van der Waals surface area contributed by atoms with Crippen LogP contribution < -0.4 is 0 Å². The average Bonchev–Trinajstić information content (AvgIpc) is 2.29. The zero-order valence-electron chi connectivity index (χ0n) is 10.3. The van der Waals surface area contributed by atoms with Crippen LogP contribution in [0, 0.1) is 5.82 Å². The van der Waals surface area contributed by atoms with E-state index in [9.17, 15) is 4.39 Å². The van der Waals surface area contributed by atoms with Crippen molar-refractivity contribution in [2.24, 2.45) is 0 Å². The highest BCUT2D eigenvalue weighted by Gasteiger charge is 2.20. The fourth-order valence-corrected chi connectivity index (χ4v) is 2.59. The lowest BCUT2D eigenvalue weighted by Gasteiger charge is -2.37. The van der Waals surface area contributed by atoms with E-state index in [-0.39, 0.29) is 5.82 Å². The van der Waals surface area contributed by atoms with E-state index in [0.29, 0.717) is 10.5 Å². The fourth-order valence-electron chi connectivity index (χ4n) is 2.16. The zero-order valence-corrected chi connectivity index (χ0v) is 11.9. The van der Waals surface area contributed by atoms with Crippen LogP contribution in [0.1, 0.15) is 12.5 Å². The van der Waals surface area contributed by atoms with Crippen LogP contribution in [-0.2, 0) is 6.54 Å². The molecule has 0 radical (unpaired) electrons. The quantitative estimate of drug-likeness (QED) is 0.829. The molecule has 2 nitrogen and oxygen atoms in total. The molecule has 0 N–H and O–H groups in total. The molecule has 4 heteroatoms. The van der Waals surface area contributed by atoms with Gasteiger partial charge in [-0.1, -0.05) is 6.07 Å². The SMILES string of the molecule is CC1CN(Cc2ccc(F)c(Br)c2)CCN1C. The minimum absolute atomic E-state index is 0.194. The Balaban J connectivity index is 1.99. The predicted octanol–water partition coefficient (Wildman–Crippen LogP) is 2.72. The minimum Gasteiger partial charge on any atom is -0.301 e. The number of rotatable bonds is 2. The molecule has 1 atom stereocenters. The monoisotopic (exact) mass is 300 g/mol. The van der Waals surface area contributed by atoms with Gasteiger partial charge in [0, 0.05) is 32.2 Å². The summed E-state index contributed by atoms with van der Waals surface area (Å²) in [4.78, 5) is 4.79. The molecule has 1 fully saturated rings. The molecule has 0 bridgehead atoms. The molecule has 1 saturated heterocycles. The van der Waals surface area contributed by atoms with Crippen LogP contribution in [-0.4, -0.2) is 42.5 Å². The number of nitrogens with zero attached hydrogens (tertiary/aromatic N) is 2. The summed E-state index contributed by atoms with van der Waals surface area (Å²) in [6.45, 7) is 6.40. The molecule has 0 aromatic heterocycles. The van der Waals surface area contributed by atoms with E-state index in [2.05, 4.69) is 39.7 Å². The summed E-state index contributed by atoms with van der Waals surface area (Å²) in [7, 11) is 2.16. The van der Waals surface area contributed by atoms with Gasteiger partial charge < -0.3 is 4.90 Å². The minimum atomic E-state index is -0.194. The van der Waals surface area contributed by atoms with E-state index in [0.717, 1.165) is 31.7 Å². The Morgan fingerprint density at radius 1 is 1.41 bits per heavy atom. The first-order chi connectivity index (χ1) is 8.06. The first-order valence-electron chi connectivity index (χ1n) is 5.93. The van der Waals surface area contributed by atoms with Crippen molar-refractivity contribution in [3.05, 3.63) is 34.1 Å². The topological polar surface area (TPSA) is 6.48 Å². The van der Waals surface area contributed by atoms with Gasteiger partial charge in [0.05, 0.1) is 4.47 Å². The maximum absolute atomic E-state index is 13.1. The predicted molar refractivity (Wildman–Crippen MR) is 71.5 cm³/mol. The van der Waals surface area contributed by atoms with Gasteiger partial charge in [0.15, 0.2) is 0 Å². The van der Waals surface area contributed by atoms with E-state index < -0.39 is 0 Å². The van der Waals surface area contributed by atoms with Crippen LogP contribution in [0.5, 0.6) is 0 Å². The molecule has 1 aliphatic heterocycles. The number of halogens is 2. The Bertz CT molecular complexity index is 397. The molecule has 0 spiro atoms. The number of piperazine rings is 1. The van der Waals surface area contributed by atoms with Gasteiger partial charge in [0.1, 0.15) is 5.82 Å². The van der Waals surface area contributed by atoms with Crippen LogP contribution >= 0.6 is 15.9 Å². The summed E-state index contributed by atoms with van der Waals surface area (Å²) in [5.74, 6) is -0.194. The second-order valence-corrected chi connectivity index (χ2v) is 5.67. The molecular formula is C13H18BrFN2. The summed E-state index contributed by atoms with van der Waals surface area (Å²) < 4.78 is 13.7. The fraction of sp³-hybridized carbons (Fsp3) is 0.538. The lowest BCUT2D eigenvalue weighted by atomic mass is 10.1. The van der Waals surface area contributed by atoms with Gasteiger partial charge in [-0.15, -0.1) is 0 Å². The van der Waals surface area contributed by atoms with Gasteiger partial charge >= 0.3 is 0 Å². The number of benzene rings is 1.